The highest BCUT2D eigenvalue weighted by Gasteiger charge is 2.77. The van der Waals surface area contributed by atoms with Crippen molar-refractivity contribution in [1.82, 2.24) is 0 Å². The van der Waals surface area contributed by atoms with Crippen molar-refractivity contribution in [1.29, 1.82) is 0 Å². The van der Waals surface area contributed by atoms with Crippen molar-refractivity contribution in [2.45, 2.75) is 45.9 Å². The summed E-state index contributed by atoms with van der Waals surface area (Å²) in [7, 11) is 0. The van der Waals surface area contributed by atoms with E-state index >= 15 is 0 Å². The molecule has 1 saturated carbocycles. The Labute approximate surface area is 113 Å². The monoisotopic (exact) mass is 292 g/mol. The summed E-state index contributed by atoms with van der Waals surface area (Å²) in [6.07, 6.45) is -5.58. The van der Waals surface area contributed by atoms with E-state index in [1.165, 1.54) is 0 Å². The molecule has 2 atom stereocenters. The van der Waals surface area contributed by atoms with Gasteiger partial charge in [0.05, 0.1) is 6.10 Å². The van der Waals surface area contributed by atoms with Crippen molar-refractivity contribution in [2.24, 2.45) is 11.3 Å². The molecular formula is C13H15F3O4. The van der Waals surface area contributed by atoms with Crippen LogP contribution in [0, 0.1) is 11.3 Å². The van der Waals surface area contributed by atoms with Gasteiger partial charge in [0.25, 0.3) is 0 Å². The zero-order valence-corrected chi connectivity index (χ0v) is 11.3. The lowest BCUT2D eigenvalue weighted by Gasteiger charge is -2.45. The number of fused-ring (bicyclic) bond motifs is 1. The van der Waals surface area contributed by atoms with E-state index in [2.05, 4.69) is 0 Å². The molecule has 112 valence electrons. The molecule has 0 spiro atoms. The molecule has 0 aliphatic heterocycles. The maximum absolute atomic E-state index is 13.4. The van der Waals surface area contributed by atoms with E-state index in [-0.39, 0.29) is 18.6 Å². The number of allylic oxidation sites excluding steroid dienone is 2. The van der Waals surface area contributed by atoms with Gasteiger partial charge in [0.1, 0.15) is 5.76 Å². The number of ketones is 1. The number of ether oxygens (including phenoxy) is 2. The first-order valence-corrected chi connectivity index (χ1v) is 6.29. The highest BCUT2D eigenvalue weighted by atomic mass is 19.4. The van der Waals surface area contributed by atoms with Crippen LogP contribution in [0.5, 0.6) is 0 Å². The van der Waals surface area contributed by atoms with E-state index in [1.54, 1.807) is 13.8 Å². The predicted octanol–water partition coefficient (Wildman–Crippen LogP) is 2.73. The van der Waals surface area contributed by atoms with Crippen LogP contribution in [0.3, 0.4) is 0 Å². The van der Waals surface area contributed by atoms with Crippen LogP contribution < -0.4 is 0 Å². The van der Waals surface area contributed by atoms with Gasteiger partial charge in [-0.3, -0.25) is 9.59 Å². The van der Waals surface area contributed by atoms with E-state index in [4.69, 9.17) is 9.47 Å². The van der Waals surface area contributed by atoms with Crippen LogP contribution >= 0.6 is 0 Å². The van der Waals surface area contributed by atoms with Gasteiger partial charge in [0, 0.05) is 25.7 Å². The van der Waals surface area contributed by atoms with E-state index in [9.17, 15) is 22.8 Å². The van der Waals surface area contributed by atoms with Gasteiger partial charge in [-0.1, -0.05) is 0 Å². The summed E-state index contributed by atoms with van der Waals surface area (Å²) in [5.74, 6) is -3.28. The number of alkyl halides is 3. The Bertz CT molecular complexity index is 492. The summed E-state index contributed by atoms with van der Waals surface area (Å²) in [4.78, 5) is 22.8. The molecule has 0 aromatic carbocycles. The molecule has 0 amide bonds. The predicted molar refractivity (Wildman–Crippen MR) is 61.2 cm³/mol. The van der Waals surface area contributed by atoms with Gasteiger partial charge < -0.3 is 9.47 Å². The Morgan fingerprint density at radius 1 is 1.35 bits per heavy atom. The Balaban J connectivity index is 2.51. The van der Waals surface area contributed by atoms with Gasteiger partial charge >= 0.3 is 12.1 Å². The third kappa shape index (κ3) is 1.91. The minimum atomic E-state index is -4.75. The Kier molecular flexibility index (Phi) is 3.34. The summed E-state index contributed by atoms with van der Waals surface area (Å²) < 4.78 is 50.4. The second-order valence-corrected chi connectivity index (χ2v) is 5.35. The zero-order valence-electron chi connectivity index (χ0n) is 11.3. The lowest BCUT2D eigenvalue weighted by molar-refractivity contribution is -0.248. The number of carbonyl (C=O) groups is 2. The fourth-order valence-corrected chi connectivity index (χ4v) is 2.88. The summed E-state index contributed by atoms with van der Waals surface area (Å²) in [5.41, 5.74) is -2.62. The molecule has 0 heterocycles. The molecule has 2 aliphatic rings. The number of hydrogen-bond acceptors (Lipinski definition) is 4. The maximum Gasteiger partial charge on any atom is 0.408 e. The second kappa shape index (κ2) is 4.49. The van der Waals surface area contributed by atoms with E-state index < -0.39 is 41.1 Å². The SMILES string of the molecule is CC(=O)OC1=C(OC(C)C)[C@]2(C(F)(F)F)C(=O)C[C@@H]2C1. The smallest absolute Gasteiger partial charge is 0.408 e. The van der Waals surface area contributed by atoms with Crippen LogP contribution in [0.25, 0.3) is 0 Å². The summed E-state index contributed by atoms with van der Waals surface area (Å²) >= 11 is 0. The molecular weight excluding hydrogens is 277 g/mol. The molecule has 7 heteroatoms. The molecule has 2 aliphatic carbocycles. The van der Waals surface area contributed by atoms with Crippen molar-refractivity contribution in [3.8, 4) is 0 Å². The molecule has 1 fully saturated rings. The lowest BCUT2D eigenvalue weighted by atomic mass is 9.59. The van der Waals surface area contributed by atoms with E-state index in [0.29, 0.717) is 0 Å². The average Bonchev–Trinajstić information content (AvgIpc) is 2.45. The van der Waals surface area contributed by atoms with E-state index in [1.807, 2.05) is 0 Å². The van der Waals surface area contributed by atoms with Crippen molar-refractivity contribution in [3.05, 3.63) is 11.5 Å². The normalized spacial score (nSPS) is 29.4. The number of rotatable bonds is 3. The van der Waals surface area contributed by atoms with E-state index in [0.717, 1.165) is 6.92 Å². The third-order valence-electron chi connectivity index (χ3n) is 3.59. The number of halogens is 3. The molecule has 0 aromatic heterocycles. The van der Waals surface area contributed by atoms with Crippen molar-refractivity contribution in [3.63, 3.8) is 0 Å². The highest BCUT2D eigenvalue weighted by Crippen LogP contribution is 2.65. The topological polar surface area (TPSA) is 52.6 Å². The molecule has 20 heavy (non-hydrogen) atoms. The highest BCUT2D eigenvalue weighted by molar-refractivity contribution is 5.96. The molecule has 0 radical (unpaired) electrons. The van der Waals surface area contributed by atoms with Crippen LogP contribution in [0.1, 0.15) is 33.6 Å². The average molecular weight is 292 g/mol. The van der Waals surface area contributed by atoms with Gasteiger partial charge in [-0.2, -0.15) is 13.2 Å². The maximum atomic E-state index is 13.4. The first-order chi connectivity index (χ1) is 9.10. The van der Waals surface area contributed by atoms with Crippen LogP contribution in [-0.2, 0) is 19.1 Å². The molecule has 0 saturated heterocycles. The summed E-state index contributed by atoms with van der Waals surface area (Å²) in [5, 5.41) is 0. The van der Waals surface area contributed by atoms with Crippen molar-refractivity contribution >= 4 is 11.8 Å². The van der Waals surface area contributed by atoms with Gasteiger partial charge in [0.15, 0.2) is 17.0 Å². The number of carbonyl (C=O) groups excluding carboxylic acids is 2. The van der Waals surface area contributed by atoms with Crippen LogP contribution in [0.2, 0.25) is 0 Å². The largest absolute Gasteiger partial charge is 0.490 e. The lowest BCUT2D eigenvalue weighted by Crippen LogP contribution is -2.58. The first kappa shape index (κ1) is 14.9. The summed E-state index contributed by atoms with van der Waals surface area (Å²) in [6.45, 7) is 4.21. The number of esters is 1. The standard InChI is InChI=1S/C13H15F3O4/c1-6(2)19-11-9(20-7(3)17)4-8-5-10(18)12(8,11)13(14,15)16/h6,8H,4-5H2,1-3H3/t8-,12+/m0/s1. The number of Topliss-reactive ketones (excluding diaryl/α,β-unsaturated/α-hetero) is 1. The quantitative estimate of drug-likeness (QED) is 0.751. The first-order valence-electron chi connectivity index (χ1n) is 6.29. The third-order valence-corrected chi connectivity index (χ3v) is 3.59. The number of hydrogen-bond donors (Lipinski definition) is 0. The fourth-order valence-electron chi connectivity index (χ4n) is 2.88. The van der Waals surface area contributed by atoms with Crippen LogP contribution in [0.15, 0.2) is 11.5 Å². The minimum absolute atomic E-state index is 0.104. The molecule has 0 N–H and O–H groups in total. The van der Waals surface area contributed by atoms with Crippen molar-refractivity contribution in [2.75, 3.05) is 0 Å². The Hall–Kier alpha value is -1.53. The van der Waals surface area contributed by atoms with Gasteiger partial charge in [0.2, 0.25) is 0 Å². The molecule has 0 unspecified atom stereocenters. The van der Waals surface area contributed by atoms with Gasteiger partial charge in [-0.25, -0.2) is 0 Å². The Morgan fingerprint density at radius 3 is 2.35 bits per heavy atom. The van der Waals surface area contributed by atoms with Crippen molar-refractivity contribution < 1.29 is 32.2 Å². The zero-order chi connectivity index (χ0) is 15.3. The molecule has 0 bridgehead atoms. The van der Waals surface area contributed by atoms with Gasteiger partial charge in [-0.05, 0) is 13.8 Å². The fraction of sp³-hybridized carbons (Fsp3) is 0.692. The molecule has 0 aromatic rings. The second-order valence-electron chi connectivity index (χ2n) is 5.35. The Morgan fingerprint density at radius 2 is 1.95 bits per heavy atom. The molecule has 2 rings (SSSR count). The van der Waals surface area contributed by atoms with Crippen LogP contribution in [-0.4, -0.2) is 24.0 Å². The molecule has 4 nitrogen and oxygen atoms in total. The minimum Gasteiger partial charge on any atom is -0.490 e. The van der Waals surface area contributed by atoms with Gasteiger partial charge in [-0.15, -0.1) is 0 Å². The summed E-state index contributed by atoms with van der Waals surface area (Å²) in [6, 6.07) is 0. The van der Waals surface area contributed by atoms with Crippen LogP contribution in [0.4, 0.5) is 13.2 Å².